The van der Waals surface area contributed by atoms with Gasteiger partial charge in [-0.1, -0.05) is 36.1 Å². The number of benzene rings is 1. The number of thiocarbonyl (C=S) groups is 1. The van der Waals surface area contributed by atoms with Gasteiger partial charge < -0.3 is 10.2 Å². The van der Waals surface area contributed by atoms with E-state index < -0.39 is 23.9 Å². The highest BCUT2D eigenvalue weighted by molar-refractivity contribution is 8.26. The summed E-state index contributed by atoms with van der Waals surface area (Å²) in [4.78, 5) is 44.8. The fourth-order valence-corrected chi connectivity index (χ4v) is 3.89. The molecule has 0 saturated carbocycles. The van der Waals surface area contributed by atoms with Crippen molar-refractivity contribution >= 4 is 63.3 Å². The normalized spacial score (nSPS) is 16.9. The van der Waals surface area contributed by atoms with Crippen LogP contribution < -0.4 is 0 Å². The molecular weight excluding hydrogens is 390 g/mol. The van der Waals surface area contributed by atoms with Gasteiger partial charge in [0.1, 0.15) is 10.4 Å². The van der Waals surface area contributed by atoms with Crippen molar-refractivity contribution in [2.75, 3.05) is 0 Å². The number of rotatable bonds is 6. The monoisotopic (exact) mass is 403 g/mol. The van der Waals surface area contributed by atoms with Gasteiger partial charge in [-0.25, -0.2) is 9.78 Å². The molecule has 1 aromatic carbocycles. The van der Waals surface area contributed by atoms with Crippen LogP contribution >= 0.6 is 24.0 Å². The minimum Gasteiger partial charge on any atom is -0.481 e. The summed E-state index contributed by atoms with van der Waals surface area (Å²) in [5.41, 5.74) is 1.81. The minimum absolute atomic E-state index is 0.0674. The van der Waals surface area contributed by atoms with Crippen LogP contribution in [0, 0.1) is 0 Å². The van der Waals surface area contributed by atoms with Crippen molar-refractivity contribution in [1.29, 1.82) is 0 Å². The number of hydrogen-bond donors (Lipinski definition) is 2. The number of carboxylic acids is 2. The smallest absolute Gasteiger partial charge is 0.326 e. The van der Waals surface area contributed by atoms with Gasteiger partial charge in [-0.15, -0.1) is 0 Å². The van der Waals surface area contributed by atoms with Crippen molar-refractivity contribution in [3.8, 4) is 0 Å². The van der Waals surface area contributed by atoms with Crippen LogP contribution in [-0.2, 0) is 14.4 Å². The topological polar surface area (TPSA) is 121 Å². The van der Waals surface area contributed by atoms with Crippen LogP contribution in [0.4, 0.5) is 0 Å². The molecule has 1 unspecified atom stereocenters. The van der Waals surface area contributed by atoms with Gasteiger partial charge in [-0.05, 0) is 24.6 Å². The van der Waals surface area contributed by atoms with E-state index in [0.717, 1.165) is 16.7 Å². The van der Waals surface area contributed by atoms with E-state index in [1.807, 2.05) is 18.2 Å². The highest BCUT2D eigenvalue weighted by Gasteiger charge is 2.40. The van der Waals surface area contributed by atoms with Crippen molar-refractivity contribution in [3.05, 3.63) is 41.1 Å². The number of amides is 1. The maximum absolute atomic E-state index is 12.7. The second kappa shape index (κ2) is 7.80. The van der Waals surface area contributed by atoms with Crippen molar-refractivity contribution in [2.24, 2.45) is 0 Å². The molecule has 1 atom stereocenters. The van der Waals surface area contributed by atoms with Gasteiger partial charge in [0.25, 0.3) is 5.91 Å². The lowest BCUT2D eigenvalue weighted by Crippen LogP contribution is -2.44. The lowest BCUT2D eigenvalue weighted by Gasteiger charge is -2.22. The molecule has 1 aliphatic heterocycles. The Hall–Kier alpha value is -2.85. The van der Waals surface area contributed by atoms with Crippen molar-refractivity contribution in [1.82, 2.24) is 14.9 Å². The fourth-order valence-electron chi connectivity index (χ4n) is 2.55. The second-order valence-corrected chi connectivity index (χ2v) is 7.30. The van der Waals surface area contributed by atoms with E-state index in [0.29, 0.717) is 16.7 Å². The average molecular weight is 403 g/mol. The lowest BCUT2D eigenvalue weighted by atomic mass is 10.1. The molecule has 10 heteroatoms. The molecule has 0 radical (unpaired) electrons. The Kier molecular flexibility index (Phi) is 5.47. The van der Waals surface area contributed by atoms with Crippen molar-refractivity contribution in [3.63, 3.8) is 0 Å². The molecular formula is C17H13N3O5S2. The van der Waals surface area contributed by atoms with Gasteiger partial charge in [0, 0.05) is 6.42 Å². The Morgan fingerprint density at radius 2 is 1.96 bits per heavy atom. The third-order valence-electron chi connectivity index (χ3n) is 3.80. The summed E-state index contributed by atoms with van der Waals surface area (Å²) in [7, 11) is 0. The van der Waals surface area contributed by atoms with Gasteiger partial charge in [0.15, 0.2) is 0 Å². The van der Waals surface area contributed by atoms with Gasteiger partial charge in [-0.3, -0.25) is 19.5 Å². The van der Waals surface area contributed by atoms with Gasteiger partial charge in [-0.2, -0.15) is 0 Å². The minimum atomic E-state index is -1.33. The predicted octanol–water partition coefficient (Wildman–Crippen LogP) is 2.15. The second-order valence-electron chi connectivity index (χ2n) is 5.62. The number of carbonyl (C=O) groups is 3. The van der Waals surface area contributed by atoms with E-state index in [-0.39, 0.29) is 22.1 Å². The molecule has 8 nitrogen and oxygen atoms in total. The third kappa shape index (κ3) is 4.12. The SMILES string of the molecule is O=C(O)CCC(C(=O)O)N1C(=O)C(=Cc2cnc3ccccc3n2)SC1=S. The predicted molar refractivity (Wildman–Crippen MR) is 103 cm³/mol. The van der Waals surface area contributed by atoms with Gasteiger partial charge in [0.2, 0.25) is 0 Å². The van der Waals surface area contributed by atoms with E-state index in [2.05, 4.69) is 9.97 Å². The number of carbonyl (C=O) groups excluding carboxylic acids is 1. The van der Waals surface area contributed by atoms with Gasteiger partial charge in [0.05, 0.1) is 27.8 Å². The maximum Gasteiger partial charge on any atom is 0.326 e. The molecule has 1 fully saturated rings. The van der Waals surface area contributed by atoms with E-state index in [9.17, 15) is 19.5 Å². The first-order chi connectivity index (χ1) is 12.9. The first-order valence-corrected chi connectivity index (χ1v) is 9.02. The fraction of sp³-hybridized carbons (Fsp3) is 0.176. The first-order valence-electron chi connectivity index (χ1n) is 7.80. The molecule has 0 bridgehead atoms. The van der Waals surface area contributed by atoms with Crippen LogP contribution in [-0.4, -0.2) is 53.3 Å². The highest BCUT2D eigenvalue weighted by Crippen LogP contribution is 2.34. The summed E-state index contributed by atoms with van der Waals surface area (Å²) in [6.45, 7) is 0. The molecule has 1 aliphatic rings. The zero-order valence-electron chi connectivity index (χ0n) is 13.7. The van der Waals surface area contributed by atoms with E-state index >= 15 is 0 Å². The molecule has 2 heterocycles. The Morgan fingerprint density at radius 1 is 1.26 bits per heavy atom. The first kappa shape index (κ1) is 18.9. The van der Waals surface area contributed by atoms with E-state index in [4.69, 9.17) is 17.3 Å². The van der Waals surface area contributed by atoms with Crippen LogP contribution in [0.1, 0.15) is 18.5 Å². The molecule has 1 aromatic heterocycles. The van der Waals surface area contributed by atoms with Crippen LogP contribution in [0.2, 0.25) is 0 Å². The average Bonchev–Trinajstić information content (AvgIpc) is 2.89. The molecule has 2 aromatic rings. The molecule has 0 aliphatic carbocycles. The number of fused-ring (bicyclic) bond motifs is 1. The molecule has 27 heavy (non-hydrogen) atoms. The number of para-hydroxylation sites is 2. The summed E-state index contributed by atoms with van der Waals surface area (Å²) >= 11 is 6.10. The van der Waals surface area contributed by atoms with Crippen LogP contribution in [0.15, 0.2) is 35.4 Å². The van der Waals surface area contributed by atoms with Crippen LogP contribution in [0.5, 0.6) is 0 Å². The van der Waals surface area contributed by atoms with Crippen molar-refractivity contribution in [2.45, 2.75) is 18.9 Å². The zero-order valence-corrected chi connectivity index (χ0v) is 15.4. The summed E-state index contributed by atoms with van der Waals surface area (Å²) in [6.07, 6.45) is 2.38. The summed E-state index contributed by atoms with van der Waals surface area (Å²) < 4.78 is 0.0674. The van der Waals surface area contributed by atoms with E-state index in [1.54, 1.807) is 6.07 Å². The van der Waals surface area contributed by atoms with Gasteiger partial charge >= 0.3 is 11.9 Å². The largest absolute Gasteiger partial charge is 0.481 e. The lowest BCUT2D eigenvalue weighted by molar-refractivity contribution is -0.146. The summed E-state index contributed by atoms with van der Waals surface area (Å²) in [5, 5.41) is 18.2. The van der Waals surface area contributed by atoms with Crippen LogP contribution in [0.25, 0.3) is 17.1 Å². The number of thioether (sulfide) groups is 1. The number of carboxylic acid groups (broad SMARTS) is 2. The summed E-state index contributed by atoms with van der Waals surface area (Å²) in [5.74, 6) is -3.04. The molecule has 3 rings (SSSR count). The molecule has 138 valence electrons. The number of hydrogen-bond acceptors (Lipinski definition) is 7. The van der Waals surface area contributed by atoms with Crippen molar-refractivity contribution < 1.29 is 24.6 Å². The zero-order chi connectivity index (χ0) is 19.6. The molecule has 2 N–H and O–H groups in total. The quantitative estimate of drug-likeness (QED) is 0.552. The van der Waals surface area contributed by atoms with Crippen LogP contribution in [0.3, 0.4) is 0 Å². The number of aromatic nitrogens is 2. The number of aliphatic carboxylic acids is 2. The Labute approximate surface area is 162 Å². The maximum atomic E-state index is 12.7. The third-order valence-corrected chi connectivity index (χ3v) is 5.13. The standard InChI is InChI=1S/C17H13N3O5S2/c21-14(22)6-5-12(16(24)25)20-15(23)13(27-17(20)26)7-9-8-18-10-3-1-2-4-11(10)19-9/h1-4,7-8,12H,5-6H2,(H,21,22)(H,24,25). The number of nitrogens with zero attached hydrogens (tertiary/aromatic N) is 3. The molecule has 1 saturated heterocycles. The molecule has 1 amide bonds. The molecule has 0 spiro atoms. The highest BCUT2D eigenvalue weighted by atomic mass is 32.2. The summed E-state index contributed by atoms with van der Waals surface area (Å²) in [6, 6.07) is 5.93. The van der Waals surface area contributed by atoms with E-state index in [1.165, 1.54) is 12.3 Å². The Morgan fingerprint density at radius 3 is 2.63 bits per heavy atom. The Bertz CT molecular complexity index is 991. The Balaban J connectivity index is 1.88.